The largest absolute Gasteiger partial charge is 0.454 e. The molecule has 1 atom stereocenters. The fourth-order valence-corrected chi connectivity index (χ4v) is 2.53. The van der Waals surface area contributed by atoms with Gasteiger partial charge in [0.1, 0.15) is 0 Å². The van der Waals surface area contributed by atoms with E-state index >= 15 is 0 Å². The van der Waals surface area contributed by atoms with Crippen LogP contribution in [-0.4, -0.2) is 6.79 Å². The number of hydrogen-bond donors (Lipinski definition) is 1. The zero-order chi connectivity index (χ0) is 13.9. The molecule has 1 aliphatic rings. The lowest BCUT2D eigenvalue weighted by atomic mass is 10.0. The van der Waals surface area contributed by atoms with E-state index in [2.05, 4.69) is 24.4 Å². The van der Waals surface area contributed by atoms with Gasteiger partial charge in [-0.25, -0.2) is 0 Å². The molecule has 20 heavy (non-hydrogen) atoms. The molecule has 104 valence electrons. The molecule has 0 aliphatic carbocycles. The minimum absolute atomic E-state index is 0.217. The van der Waals surface area contributed by atoms with Gasteiger partial charge in [-0.05, 0) is 12.0 Å². The van der Waals surface area contributed by atoms with Crippen molar-refractivity contribution in [2.45, 2.75) is 19.4 Å². The number of rotatable bonds is 4. The van der Waals surface area contributed by atoms with Crippen molar-refractivity contribution in [3.8, 4) is 11.5 Å². The minimum atomic E-state index is 0.217. The number of halogens is 1. The van der Waals surface area contributed by atoms with Crippen molar-refractivity contribution in [3.05, 3.63) is 53.1 Å². The average Bonchev–Trinajstić information content (AvgIpc) is 2.92. The maximum atomic E-state index is 6.30. The molecule has 1 aliphatic heterocycles. The summed E-state index contributed by atoms with van der Waals surface area (Å²) in [5.74, 6) is 1.44. The van der Waals surface area contributed by atoms with Crippen LogP contribution in [0.15, 0.2) is 42.5 Å². The van der Waals surface area contributed by atoms with Gasteiger partial charge in [0.25, 0.3) is 0 Å². The molecule has 1 N–H and O–H groups in total. The molecule has 3 rings (SSSR count). The van der Waals surface area contributed by atoms with Gasteiger partial charge in [0.15, 0.2) is 11.5 Å². The molecular formula is C16H16ClNO2. The van der Waals surface area contributed by atoms with E-state index in [1.807, 2.05) is 24.3 Å². The Morgan fingerprint density at radius 3 is 2.55 bits per heavy atom. The second-order valence-corrected chi connectivity index (χ2v) is 5.11. The molecule has 0 amide bonds. The van der Waals surface area contributed by atoms with Gasteiger partial charge in [0, 0.05) is 12.1 Å². The predicted octanol–water partition coefficient (Wildman–Crippen LogP) is 4.63. The third kappa shape index (κ3) is 2.54. The van der Waals surface area contributed by atoms with Crippen molar-refractivity contribution in [2.24, 2.45) is 0 Å². The SMILES string of the molecule is CCC(Nc1cc2c(cc1Cl)OCO2)c1ccccc1. The Morgan fingerprint density at radius 2 is 1.85 bits per heavy atom. The second-order valence-electron chi connectivity index (χ2n) is 4.70. The van der Waals surface area contributed by atoms with Gasteiger partial charge in [0.05, 0.1) is 16.8 Å². The summed E-state index contributed by atoms with van der Waals surface area (Å²) in [7, 11) is 0. The van der Waals surface area contributed by atoms with Gasteiger partial charge in [0.2, 0.25) is 6.79 Å². The summed E-state index contributed by atoms with van der Waals surface area (Å²) in [5.41, 5.74) is 2.11. The summed E-state index contributed by atoms with van der Waals surface area (Å²) < 4.78 is 10.7. The maximum absolute atomic E-state index is 6.30. The zero-order valence-corrected chi connectivity index (χ0v) is 12.0. The normalized spacial score (nSPS) is 14.1. The Bertz CT molecular complexity index is 601. The first-order valence-electron chi connectivity index (χ1n) is 6.68. The van der Waals surface area contributed by atoms with Crippen molar-refractivity contribution in [2.75, 3.05) is 12.1 Å². The molecular weight excluding hydrogens is 274 g/mol. The predicted molar refractivity (Wildman–Crippen MR) is 80.7 cm³/mol. The zero-order valence-electron chi connectivity index (χ0n) is 11.2. The van der Waals surface area contributed by atoms with E-state index in [9.17, 15) is 0 Å². The Morgan fingerprint density at radius 1 is 1.15 bits per heavy atom. The fourth-order valence-electron chi connectivity index (χ4n) is 2.32. The van der Waals surface area contributed by atoms with E-state index in [0.29, 0.717) is 10.8 Å². The van der Waals surface area contributed by atoms with Crippen LogP contribution < -0.4 is 14.8 Å². The third-order valence-corrected chi connectivity index (χ3v) is 3.71. The van der Waals surface area contributed by atoms with Crippen molar-refractivity contribution < 1.29 is 9.47 Å². The van der Waals surface area contributed by atoms with Gasteiger partial charge < -0.3 is 14.8 Å². The highest BCUT2D eigenvalue weighted by atomic mass is 35.5. The topological polar surface area (TPSA) is 30.5 Å². The van der Waals surface area contributed by atoms with Crippen LogP contribution >= 0.6 is 11.6 Å². The number of anilines is 1. The van der Waals surface area contributed by atoms with E-state index in [0.717, 1.165) is 17.9 Å². The number of ether oxygens (including phenoxy) is 2. The number of nitrogens with one attached hydrogen (secondary N) is 1. The van der Waals surface area contributed by atoms with Crippen molar-refractivity contribution >= 4 is 17.3 Å². The summed E-state index contributed by atoms with van der Waals surface area (Å²) >= 11 is 6.30. The Hall–Kier alpha value is -1.87. The third-order valence-electron chi connectivity index (χ3n) is 3.40. The molecule has 1 heterocycles. The van der Waals surface area contributed by atoms with Crippen LogP contribution in [0.1, 0.15) is 24.9 Å². The van der Waals surface area contributed by atoms with Gasteiger partial charge >= 0.3 is 0 Å². The quantitative estimate of drug-likeness (QED) is 0.890. The molecule has 2 aromatic rings. The molecule has 0 radical (unpaired) electrons. The molecule has 1 unspecified atom stereocenters. The van der Waals surface area contributed by atoms with Gasteiger partial charge in [-0.3, -0.25) is 0 Å². The molecule has 0 saturated carbocycles. The monoisotopic (exact) mass is 289 g/mol. The summed E-state index contributed by atoms with van der Waals surface area (Å²) in [5, 5.41) is 4.12. The highest BCUT2D eigenvalue weighted by molar-refractivity contribution is 6.33. The van der Waals surface area contributed by atoms with E-state index in [-0.39, 0.29) is 12.8 Å². The first-order chi connectivity index (χ1) is 9.78. The second kappa shape index (κ2) is 5.63. The van der Waals surface area contributed by atoms with Crippen LogP contribution in [-0.2, 0) is 0 Å². The molecule has 2 aromatic carbocycles. The highest BCUT2D eigenvalue weighted by Gasteiger charge is 2.18. The molecule has 0 saturated heterocycles. The number of fused-ring (bicyclic) bond motifs is 1. The Kier molecular flexibility index (Phi) is 3.70. The van der Waals surface area contributed by atoms with E-state index in [1.165, 1.54) is 5.56 Å². The van der Waals surface area contributed by atoms with Crippen LogP contribution in [0, 0.1) is 0 Å². The molecule has 0 aromatic heterocycles. The number of benzene rings is 2. The van der Waals surface area contributed by atoms with Gasteiger partial charge in [-0.2, -0.15) is 0 Å². The fraction of sp³-hybridized carbons (Fsp3) is 0.250. The van der Waals surface area contributed by atoms with Crippen molar-refractivity contribution in [1.82, 2.24) is 0 Å². The number of hydrogen-bond acceptors (Lipinski definition) is 3. The van der Waals surface area contributed by atoms with Crippen LogP contribution in [0.4, 0.5) is 5.69 Å². The van der Waals surface area contributed by atoms with E-state index in [4.69, 9.17) is 21.1 Å². The summed E-state index contributed by atoms with van der Waals surface area (Å²) in [6.45, 7) is 2.40. The van der Waals surface area contributed by atoms with Crippen LogP contribution in [0.5, 0.6) is 11.5 Å². The van der Waals surface area contributed by atoms with E-state index < -0.39 is 0 Å². The van der Waals surface area contributed by atoms with Crippen molar-refractivity contribution in [1.29, 1.82) is 0 Å². The molecule has 0 fully saturated rings. The highest BCUT2D eigenvalue weighted by Crippen LogP contribution is 2.40. The lowest BCUT2D eigenvalue weighted by molar-refractivity contribution is 0.174. The smallest absolute Gasteiger partial charge is 0.231 e. The molecule has 0 bridgehead atoms. The molecule has 3 nitrogen and oxygen atoms in total. The Labute approximate surface area is 123 Å². The lowest BCUT2D eigenvalue weighted by Gasteiger charge is -2.20. The lowest BCUT2D eigenvalue weighted by Crippen LogP contribution is -2.09. The summed E-state index contributed by atoms with van der Waals surface area (Å²) in [6.07, 6.45) is 0.967. The molecule has 0 spiro atoms. The van der Waals surface area contributed by atoms with Gasteiger partial charge in [-0.15, -0.1) is 0 Å². The first kappa shape index (κ1) is 13.1. The van der Waals surface area contributed by atoms with Gasteiger partial charge in [-0.1, -0.05) is 48.9 Å². The van der Waals surface area contributed by atoms with Crippen LogP contribution in [0.3, 0.4) is 0 Å². The Balaban J connectivity index is 1.86. The minimum Gasteiger partial charge on any atom is -0.454 e. The molecule has 4 heteroatoms. The standard InChI is InChI=1S/C16H16ClNO2/c1-2-13(11-6-4-3-5-7-11)18-14-9-16-15(8-12(14)17)19-10-20-16/h3-9,13,18H,2,10H2,1H3. The van der Waals surface area contributed by atoms with Crippen LogP contribution in [0.25, 0.3) is 0 Å². The van der Waals surface area contributed by atoms with Crippen LogP contribution in [0.2, 0.25) is 5.02 Å². The van der Waals surface area contributed by atoms with Crippen molar-refractivity contribution in [3.63, 3.8) is 0 Å². The average molecular weight is 290 g/mol. The maximum Gasteiger partial charge on any atom is 0.231 e. The summed E-state index contributed by atoms with van der Waals surface area (Å²) in [6, 6.07) is 14.2. The van der Waals surface area contributed by atoms with E-state index in [1.54, 1.807) is 6.07 Å². The first-order valence-corrected chi connectivity index (χ1v) is 7.06. The summed E-state index contributed by atoms with van der Waals surface area (Å²) in [4.78, 5) is 0.